The molecule has 1 aliphatic carbocycles. The van der Waals surface area contributed by atoms with Crippen molar-refractivity contribution in [3.8, 4) is 0 Å². The zero-order chi connectivity index (χ0) is 13.3. The summed E-state index contributed by atoms with van der Waals surface area (Å²) in [7, 11) is -2.05. The van der Waals surface area contributed by atoms with Gasteiger partial charge in [-0.25, -0.2) is 17.5 Å². The highest BCUT2D eigenvalue weighted by Crippen LogP contribution is 2.31. The number of nitrogens with zero attached hydrogens (tertiary/aromatic N) is 1. The summed E-state index contributed by atoms with van der Waals surface area (Å²) >= 11 is 0. The van der Waals surface area contributed by atoms with E-state index in [0.717, 1.165) is 12.8 Å². The van der Waals surface area contributed by atoms with E-state index in [9.17, 15) is 13.2 Å². The molecule has 0 radical (unpaired) electrons. The van der Waals surface area contributed by atoms with Crippen LogP contribution < -0.4 is 0 Å². The maximum atomic E-state index is 12.2. The SMILES string of the molecule is CN(CC1CC1)S(=O)(=O)c1cccc(C(=O)O)c1. The van der Waals surface area contributed by atoms with Gasteiger partial charge in [0.1, 0.15) is 0 Å². The average Bonchev–Trinajstić information content (AvgIpc) is 3.13. The highest BCUT2D eigenvalue weighted by Gasteiger charge is 2.29. The van der Waals surface area contributed by atoms with E-state index in [1.807, 2.05) is 0 Å². The maximum Gasteiger partial charge on any atom is 0.335 e. The Labute approximate surface area is 106 Å². The van der Waals surface area contributed by atoms with Gasteiger partial charge in [0.05, 0.1) is 10.5 Å². The van der Waals surface area contributed by atoms with Crippen LogP contribution in [-0.2, 0) is 10.0 Å². The van der Waals surface area contributed by atoms with Crippen LogP contribution in [0.15, 0.2) is 29.2 Å². The van der Waals surface area contributed by atoms with E-state index in [1.54, 1.807) is 0 Å². The highest BCUT2D eigenvalue weighted by molar-refractivity contribution is 7.89. The fraction of sp³-hybridized carbons (Fsp3) is 0.417. The molecular weight excluding hydrogens is 254 g/mol. The van der Waals surface area contributed by atoms with Gasteiger partial charge in [-0.2, -0.15) is 0 Å². The number of carboxylic acids is 1. The molecule has 0 atom stereocenters. The molecule has 2 rings (SSSR count). The van der Waals surface area contributed by atoms with Crippen LogP contribution in [0.3, 0.4) is 0 Å². The molecule has 98 valence electrons. The molecule has 0 saturated heterocycles. The summed E-state index contributed by atoms with van der Waals surface area (Å²) in [6.45, 7) is 0.500. The molecule has 0 unspecified atom stereocenters. The first-order valence-corrected chi connectivity index (χ1v) is 7.15. The van der Waals surface area contributed by atoms with Gasteiger partial charge >= 0.3 is 5.97 Å². The Morgan fingerprint density at radius 1 is 1.44 bits per heavy atom. The lowest BCUT2D eigenvalue weighted by Crippen LogP contribution is -2.29. The van der Waals surface area contributed by atoms with Gasteiger partial charge in [-0.15, -0.1) is 0 Å². The number of aromatic carboxylic acids is 1. The molecular formula is C12H15NO4S. The van der Waals surface area contributed by atoms with Gasteiger partial charge in [0.2, 0.25) is 10.0 Å². The summed E-state index contributed by atoms with van der Waals surface area (Å²) in [4.78, 5) is 10.9. The molecule has 0 aromatic heterocycles. The van der Waals surface area contributed by atoms with Gasteiger partial charge < -0.3 is 5.11 Å². The fourth-order valence-corrected chi connectivity index (χ4v) is 3.03. The van der Waals surface area contributed by atoms with Crippen LogP contribution in [0.1, 0.15) is 23.2 Å². The molecule has 1 fully saturated rings. The third-order valence-corrected chi connectivity index (χ3v) is 4.82. The van der Waals surface area contributed by atoms with Crippen LogP contribution >= 0.6 is 0 Å². The van der Waals surface area contributed by atoms with Crippen molar-refractivity contribution >= 4 is 16.0 Å². The molecule has 0 amide bonds. The predicted octanol–water partition coefficient (Wildman–Crippen LogP) is 1.42. The molecule has 1 aromatic carbocycles. The third-order valence-electron chi connectivity index (χ3n) is 3.00. The Kier molecular flexibility index (Phi) is 3.41. The van der Waals surface area contributed by atoms with Gasteiger partial charge in [0.15, 0.2) is 0 Å². The summed E-state index contributed by atoms with van der Waals surface area (Å²) in [6.07, 6.45) is 2.13. The Morgan fingerprint density at radius 3 is 2.67 bits per heavy atom. The van der Waals surface area contributed by atoms with Crippen molar-refractivity contribution in [2.45, 2.75) is 17.7 Å². The van der Waals surface area contributed by atoms with Crippen molar-refractivity contribution in [1.29, 1.82) is 0 Å². The summed E-state index contributed by atoms with van der Waals surface area (Å²) in [5.74, 6) is -0.677. The molecule has 5 nitrogen and oxygen atoms in total. The van der Waals surface area contributed by atoms with Crippen molar-refractivity contribution in [2.24, 2.45) is 5.92 Å². The molecule has 0 bridgehead atoms. The second-order valence-electron chi connectivity index (χ2n) is 4.56. The molecule has 0 heterocycles. The van der Waals surface area contributed by atoms with E-state index >= 15 is 0 Å². The van der Waals surface area contributed by atoms with E-state index in [-0.39, 0.29) is 10.5 Å². The minimum Gasteiger partial charge on any atom is -0.478 e. The van der Waals surface area contributed by atoms with Crippen LogP contribution in [0, 0.1) is 5.92 Å². The second-order valence-corrected chi connectivity index (χ2v) is 6.61. The summed E-state index contributed by atoms with van der Waals surface area (Å²) < 4.78 is 25.7. The topological polar surface area (TPSA) is 74.7 Å². The molecule has 1 aliphatic rings. The number of hydrogen-bond donors (Lipinski definition) is 1. The fourth-order valence-electron chi connectivity index (χ4n) is 1.73. The Balaban J connectivity index is 2.27. The van der Waals surface area contributed by atoms with Crippen LogP contribution in [0.2, 0.25) is 0 Å². The van der Waals surface area contributed by atoms with E-state index < -0.39 is 16.0 Å². The normalized spacial score (nSPS) is 15.9. The lowest BCUT2D eigenvalue weighted by atomic mass is 10.2. The average molecular weight is 269 g/mol. The van der Waals surface area contributed by atoms with Crippen LogP contribution in [0.4, 0.5) is 0 Å². The van der Waals surface area contributed by atoms with Crippen molar-refractivity contribution in [1.82, 2.24) is 4.31 Å². The highest BCUT2D eigenvalue weighted by atomic mass is 32.2. The monoisotopic (exact) mass is 269 g/mol. The van der Waals surface area contributed by atoms with Crippen molar-refractivity contribution in [3.05, 3.63) is 29.8 Å². The molecule has 18 heavy (non-hydrogen) atoms. The van der Waals surface area contributed by atoms with Gasteiger partial charge in [0.25, 0.3) is 0 Å². The molecule has 1 N–H and O–H groups in total. The zero-order valence-corrected chi connectivity index (χ0v) is 10.9. The Morgan fingerprint density at radius 2 is 2.11 bits per heavy atom. The number of sulfonamides is 1. The first-order chi connectivity index (χ1) is 8.41. The van der Waals surface area contributed by atoms with E-state index in [0.29, 0.717) is 12.5 Å². The smallest absolute Gasteiger partial charge is 0.335 e. The molecule has 1 aromatic rings. The molecule has 0 aliphatic heterocycles. The Bertz CT molecular complexity index is 563. The van der Waals surface area contributed by atoms with Gasteiger partial charge in [-0.1, -0.05) is 6.07 Å². The largest absolute Gasteiger partial charge is 0.478 e. The molecule has 6 heteroatoms. The van der Waals surface area contributed by atoms with Gasteiger partial charge in [0, 0.05) is 13.6 Å². The number of benzene rings is 1. The summed E-state index contributed by atoms with van der Waals surface area (Å²) in [5, 5.41) is 8.86. The summed E-state index contributed by atoms with van der Waals surface area (Å²) in [5.41, 5.74) is -0.0177. The number of carboxylic acid groups (broad SMARTS) is 1. The number of hydrogen-bond acceptors (Lipinski definition) is 3. The molecule has 0 spiro atoms. The first kappa shape index (κ1) is 13.0. The minimum absolute atomic E-state index is 0.0177. The Hall–Kier alpha value is -1.40. The van der Waals surface area contributed by atoms with E-state index in [1.165, 1.54) is 35.6 Å². The zero-order valence-electron chi connectivity index (χ0n) is 10.0. The van der Waals surface area contributed by atoms with Crippen molar-refractivity contribution in [3.63, 3.8) is 0 Å². The number of rotatable bonds is 5. The standard InChI is InChI=1S/C12H15NO4S/c1-13(8-9-5-6-9)18(16,17)11-4-2-3-10(7-11)12(14)15/h2-4,7,9H,5-6,8H2,1H3,(H,14,15). The van der Waals surface area contributed by atoms with E-state index in [2.05, 4.69) is 0 Å². The quantitative estimate of drug-likeness (QED) is 0.877. The third kappa shape index (κ3) is 2.70. The maximum absolute atomic E-state index is 12.2. The number of carbonyl (C=O) groups is 1. The minimum atomic E-state index is -3.58. The second kappa shape index (κ2) is 4.70. The summed E-state index contributed by atoms with van der Waals surface area (Å²) in [6, 6.07) is 5.44. The van der Waals surface area contributed by atoms with Gasteiger partial charge in [-0.3, -0.25) is 0 Å². The van der Waals surface area contributed by atoms with Crippen LogP contribution in [0.5, 0.6) is 0 Å². The van der Waals surface area contributed by atoms with Crippen LogP contribution in [0.25, 0.3) is 0 Å². The van der Waals surface area contributed by atoms with Crippen LogP contribution in [-0.4, -0.2) is 37.4 Å². The molecule has 1 saturated carbocycles. The lowest BCUT2D eigenvalue weighted by Gasteiger charge is -2.16. The van der Waals surface area contributed by atoms with Crippen molar-refractivity contribution < 1.29 is 18.3 Å². The van der Waals surface area contributed by atoms with Gasteiger partial charge in [-0.05, 0) is 37.0 Å². The van der Waals surface area contributed by atoms with E-state index in [4.69, 9.17) is 5.11 Å². The first-order valence-electron chi connectivity index (χ1n) is 5.71. The lowest BCUT2D eigenvalue weighted by molar-refractivity contribution is 0.0696. The van der Waals surface area contributed by atoms with Crippen molar-refractivity contribution in [2.75, 3.05) is 13.6 Å². The predicted molar refractivity (Wildman–Crippen MR) is 65.9 cm³/mol.